The summed E-state index contributed by atoms with van der Waals surface area (Å²) < 4.78 is 38.6. The van der Waals surface area contributed by atoms with E-state index in [-0.39, 0.29) is 0 Å². The van der Waals surface area contributed by atoms with Crippen LogP contribution in [0.1, 0.15) is 0 Å². The number of ether oxygens (including phenoxy) is 7. The van der Waals surface area contributed by atoms with Gasteiger partial charge in [-0.05, 0) is 0 Å². The minimum Gasteiger partial charge on any atom is -0.394 e. The molecule has 0 spiro atoms. The van der Waals surface area contributed by atoms with Gasteiger partial charge in [0.05, 0.1) is 37.9 Å². The van der Waals surface area contributed by atoms with Crippen molar-refractivity contribution in [3.05, 3.63) is 0 Å². The Hall–Kier alpha value is -0.640. The van der Waals surface area contributed by atoms with E-state index in [1.807, 2.05) is 0 Å². The highest BCUT2D eigenvalue weighted by molar-refractivity contribution is 4.98. The van der Waals surface area contributed by atoms with Crippen LogP contribution in [-0.2, 0) is 33.2 Å². The van der Waals surface area contributed by atoms with Gasteiger partial charge in [-0.15, -0.1) is 0 Å². The molecule has 0 aromatic carbocycles. The Labute approximate surface area is 207 Å². The van der Waals surface area contributed by atoms with Crippen LogP contribution in [-0.4, -0.2) is 157 Å². The first-order valence-electron chi connectivity index (χ1n) is 11.6. The summed E-state index contributed by atoms with van der Waals surface area (Å²) in [5, 5.41) is 61.2. The maximum absolute atomic E-state index is 10.9. The SMILES string of the molecule is CO[C@@H]1OC(CO)[C@@H](O[C@@H]2O[C@H](CO)[C@@H](O[C@@H]3OC(CO)[C@@H](OC)[C@H](O)[C@H]3N)C(O)C2N)[C@H](O)[C@H]1N. The molecule has 0 saturated carbocycles. The number of methoxy groups -OCH3 is 2. The van der Waals surface area contributed by atoms with Gasteiger partial charge in [0.2, 0.25) is 0 Å². The van der Waals surface area contributed by atoms with Crippen molar-refractivity contribution < 1.29 is 63.8 Å². The molecule has 16 nitrogen and oxygen atoms in total. The molecule has 3 aliphatic rings. The van der Waals surface area contributed by atoms with E-state index in [9.17, 15) is 30.6 Å². The topological polar surface area (TPSA) is 264 Å². The highest BCUT2D eigenvalue weighted by atomic mass is 16.7. The van der Waals surface area contributed by atoms with Crippen molar-refractivity contribution in [1.29, 1.82) is 0 Å². The van der Waals surface area contributed by atoms with E-state index in [0.29, 0.717) is 0 Å². The van der Waals surface area contributed by atoms with E-state index >= 15 is 0 Å². The van der Waals surface area contributed by atoms with Crippen LogP contribution in [0.3, 0.4) is 0 Å². The smallest absolute Gasteiger partial charge is 0.176 e. The second-order valence-electron chi connectivity index (χ2n) is 9.02. The number of hydrogen-bond donors (Lipinski definition) is 9. The molecule has 3 fully saturated rings. The molecule has 12 N–H and O–H groups in total. The first-order valence-corrected chi connectivity index (χ1v) is 11.6. The van der Waals surface area contributed by atoms with Gasteiger partial charge in [0.15, 0.2) is 18.9 Å². The van der Waals surface area contributed by atoms with E-state index in [0.717, 1.165) is 0 Å². The van der Waals surface area contributed by atoms with Crippen molar-refractivity contribution in [3.8, 4) is 0 Å². The summed E-state index contributed by atoms with van der Waals surface area (Å²) in [6, 6.07) is -3.43. The summed E-state index contributed by atoms with van der Waals surface area (Å²) in [6.07, 6.45) is -14.5. The summed E-state index contributed by atoms with van der Waals surface area (Å²) in [7, 11) is 2.65. The summed E-state index contributed by atoms with van der Waals surface area (Å²) >= 11 is 0. The molecule has 0 bridgehead atoms. The summed E-state index contributed by atoms with van der Waals surface area (Å²) in [6.45, 7) is -1.71. The largest absolute Gasteiger partial charge is 0.394 e. The summed E-state index contributed by atoms with van der Waals surface area (Å²) in [4.78, 5) is 0. The van der Waals surface area contributed by atoms with Crippen LogP contribution < -0.4 is 17.2 Å². The molecule has 3 heterocycles. The number of aliphatic hydroxyl groups excluding tert-OH is 6. The van der Waals surface area contributed by atoms with Crippen molar-refractivity contribution in [1.82, 2.24) is 0 Å². The monoisotopic (exact) mass is 529 g/mol. The van der Waals surface area contributed by atoms with Crippen molar-refractivity contribution in [3.63, 3.8) is 0 Å². The zero-order chi connectivity index (χ0) is 26.7. The molecule has 0 aliphatic carbocycles. The lowest BCUT2D eigenvalue weighted by Crippen LogP contribution is -2.69. The van der Waals surface area contributed by atoms with Crippen LogP contribution in [0.2, 0.25) is 0 Å². The van der Waals surface area contributed by atoms with E-state index < -0.39 is 112 Å². The van der Waals surface area contributed by atoms with Crippen molar-refractivity contribution >= 4 is 0 Å². The van der Waals surface area contributed by atoms with E-state index in [4.69, 9.17) is 50.4 Å². The fourth-order valence-corrected chi connectivity index (χ4v) is 4.66. The lowest BCUT2D eigenvalue weighted by atomic mass is 9.94. The molecule has 3 rings (SSSR count). The van der Waals surface area contributed by atoms with Gasteiger partial charge in [0.1, 0.15) is 54.9 Å². The summed E-state index contributed by atoms with van der Waals surface area (Å²) in [5.74, 6) is 0. The predicted molar refractivity (Wildman–Crippen MR) is 117 cm³/mol. The molecule has 212 valence electrons. The van der Waals surface area contributed by atoms with E-state index in [1.54, 1.807) is 0 Å². The lowest BCUT2D eigenvalue weighted by molar-refractivity contribution is -0.349. The Bertz CT molecular complexity index is 677. The fourth-order valence-electron chi connectivity index (χ4n) is 4.66. The van der Waals surface area contributed by atoms with Crippen molar-refractivity contribution in [2.45, 2.75) is 91.9 Å². The maximum atomic E-state index is 10.9. The standard InChI is InChI=1S/C20H39N3O13/c1-30-15-6(3-24)33-19(10(22)12(15)27)36-17-8(5-26)34-20(11(23)14(17)29)35-16-7(4-25)32-18(31-2)9(21)13(16)28/h6-20,24-29H,3-5,21-23H2,1-2H3/t6?,7?,8-,9-,10-,11?,12-,13-,14?,15-,16-,17-,18-,19+,20+/m1/s1. The molecule has 15 atom stereocenters. The summed E-state index contributed by atoms with van der Waals surface area (Å²) in [5.41, 5.74) is 18.1. The Morgan fingerprint density at radius 1 is 0.556 bits per heavy atom. The minimum atomic E-state index is -1.50. The van der Waals surface area contributed by atoms with Crippen LogP contribution in [0.25, 0.3) is 0 Å². The van der Waals surface area contributed by atoms with Crippen LogP contribution >= 0.6 is 0 Å². The highest BCUT2D eigenvalue weighted by Crippen LogP contribution is 2.31. The average Bonchev–Trinajstić information content (AvgIpc) is 2.88. The highest BCUT2D eigenvalue weighted by Gasteiger charge is 2.52. The van der Waals surface area contributed by atoms with Gasteiger partial charge in [-0.25, -0.2) is 0 Å². The third-order valence-corrected chi connectivity index (χ3v) is 6.79. The van der Waals surface area contributed by atoms with Crippen molar-refractivity contribution in [2.24, 2.45) is 17.2 Å². The molecule has 3 saturated heterocycles. The number of hydrogen-bond acceptors (Lipinski definition) is 16. The zero-order valence-electron chi connectivity index (χ0n) is 20.1. The Balaban J connectivity index is 1.72. The van der Waals surface area contributed by atoms with E-state index in [2.05, 4.69) is 0 Å². The first kappa shape index (κ1) is 29.9. The number of nitrogens with two attached hydrogens (primary N) is 3. The van der Waals surface area contributed by atoms with Gasteiger partial charge in [-0.2, -0.15) is 0 Å². The number of rotatable bonds is 9. The molecule has 3 aliphatic heterocycles. The molecule has 36 heavy (non-hydrogen) atoms. The Morgan fingerprint density at radius 2 is 0.889 bits per heavy atom. The molecular weight excluding hydrogens is 490 g/mol. The molecular formula is C20H39N3O13. The lowest BCUT2D eigenvalue weighted by Gasteiger charge is -2.49. The van der Waals surface area contributed by atoms with Gasteiger partial charge in [-0.1, -0.05) is 0 Å². The minimum absolute atomic E-state index is 0.505. The molecule has 0 radical (unpaired) electrons. The van der Waals surface area contributed by atoms with Gasteiger partial charge in [0.25, 0.3) is 0 Å². The molecule has 0 amide bonds. The van der Waals surface area contributed by atoms with Gasteiger partial charge >= 0.3 is 0 Å². The molecule has 4 unspecified atom stereocenters. The van der Waals surface area contributed by atoms with Crippen LogP contribution in [0, 0.1) is 0 Å². The number of aliphatic hydroxyl groups is 6. The third kappa shape index (κ3) is 5.84. The fraction of sp³-hybridized carbons (Fsp3) is 1.00. The predicted octanol–water partition coefficient (Wildman–Crippen LogP) is -6.37. The molecule has 16 heteroatoms. The molecule has 0 aromatic rings. The molecule has 0 aromatic heterocycles. The third-order valence-electron chi connectivity index (χ3n) is 6.79. The Kier molecular flexibility index (Phi) is 10.8. The van der Waals surface area contributed by atoms with Crippen molar-refractivity contribution in [2.75, 3.05) is 34.0 Å². The first-order chi connectivity index (χ1) is 17.1. The second kappa shape index (κ2) is 12.9. The van der Waals surface area contributed by atoms with Crippen LogP contribution in [0.5, 0.6) is 0 Å². The Morgan fingerprint density at radius 3 is 1.25 bits per heavy atom. The zero-order valence-corrected chi connectivity index (χ0v) is 20.1. The van der Waals surface area contributed by atoms with Crippen LogP contribution in [0.15, 0.2) is 0 Å². The normalized spacial score (nSPS) is 50.2. The van der Waals surface area contributed by atoms with Gasteiger partial charge in [-0.3, -0.25) is 0 Å². The second-order valence-corrected chi connectivity index (χ2v) is 9.02. The van der Waals surface area contributed by atoms with Crippen LogP contribution in [0.4, 0.5) is 0 Å². The maximum Gasteiger partial charge on any atom is 0.176 e. The van der Waals surface area contributed by atoms with E-state index in [1.165, 1.54) is 14.2 Å². The average molecular weight is 530 g/mol. The quantitative estimate of drug-likeness (QED) is 0.134. The van der Waals surface area contributed by atoms with Gasteiger partial charge in [0, 0.05) is 14.2 Å². The van der Waals surface area contributed by atoms with Gasteiger partial charge < -0.3 is 81.0 Å².